The Morgan fingerprint density at radius 1 is 1.43 bits per heavy atom. The number of aromatic nitrogens is 1. The van der Waals surface area contributed by atoms with Crippen LogP contribution in [0.2, 0.25) is 0 Å². The molecule has 0 spiro atoms. The molecule has 14 heavy (non-hydrogen) atoms. The van der Waals surface area contributed by atoms with Gasteiger partial charge in [0.15, 0.2) is 5.13 Å². The van der Waals surface area contributed by atoms with Crippen LogP contribution in [-0.2, 0) is 0 Å². The van der Waals surface area contributed by atoms with Crippen LogP contribution in [0.3, 0.4) is 0 Å². The van der Waals surface area contributed by atoms with Crippen molar-refractivity contribution in [2.24, 2.45) is 0 Å². The lowest BCUT2D eigenvalue weighted by Gasteiger charge is -1.97. The third kappa shape index (κ3) is 1.70. The van der Waals surface area contributed by atoms with Gasteiger partial charge in [-0.15, -0.1) is 11.3 Å². The fraction of sp³-hybridized carbons (Fsp3) is 0.100. The van der Waals surface area contributed by atoms with Crippen molar-refractivity contribution >= 4 is 22.2 Å². The van der Waals surface area contributed by atoms with Crippen LogP contribution in [0, 0.1) is 0 Å². The van der Waals surface area contributed by atoms with Crippen molar-refractivity contribution in [1.29, 1.82) is 0 Å². The molecule has 72 valence electrons. The molecule has 3 nitrogen and oxygen atoms in total. The highest BCUT2D eigenvalue weighted by Gasteiger charge is 2.02. The zero-order valence-corrected chi connectivity index (χ0v) is 8.64. The van der Waals surface area contributed by atoms with Crippen molar-refractivity contribution in [3.63, 3.8) is 0 Å². The Bertz CT molecular complexity index is 436. The van der Waals surface area contributed by atoms with Crippen LogP contribution in [0.4, 0.5) is 10.8 Å². The van der Waals surface area contributed by atoms with Crippen LogP contribution in [0.5, 0.6) is 0 Å². The van der Waals surface area contributed by atoms with Gasteiger partial charge in [-0.25, -0.2) is 4.98 Å². The summed E-state index contributed by atoms with van der Waals surface area (Å²) in [5.74, 6) is 0. The van der Waals surface area contributed by atoms with E-state index in [-0.39, 0.29) is 0 Å². The summed E-state index contributed by atoms with van der Waals surface area (Å²) in [7, 11) is 1.86. The molecule has 0 aliphatic rings. The van der Waals surface area contributed by atoms with Crippen LogP contribution < -0.4 is 11.1 Å². The minimum atomic E-state index is 0.765. The van der Waals surface area contributed by atoms with Gasteiger partial charge >= 0.3 is 0 Å². The fourth-order valence-corrected chi connectivity index (χ4v) is 1.90. The van der Waals surface area contributed by atoms with Crippen LogP contribution in [0.15, 0.2) is 29.6 Å². The fourth-order valence-electron chi connectivity index (χ4n) is 1.22. The first-order valence-corrected chi connectivity index (χ1v) is 5.17. The summed E-state index contributed by atoms with van der Waals surface area (Å²) in [5, 5.41) is 5.94. The van der Waals surface area contributed by atoms with Crippen molar-refractivity contribution in [3.05, 3.63) is 29.6 Å². The van der Waals surface area contributed by atoms with E-state index in [9.17, 15) is 0 Å². The lowest BCUT2D eigenvalue weighted by atomic mass is 10.1. The number of anilines is 2. The lowest BCUT2D eigenvalue weighted by molar-refractivity contribution is 1.36. The first-order valence-electron chi connectivity index (χ1n) is 4.29. The second kappa shape index (κ2) is 3.67. The van der Waals surface area contributed by atoms with Crippen LogP contribution in [-0.4, -0.2) is 12.0 Å². The molecule has 0 aliphatic carbocycles. The molecule has 0 unspecified atom stereocenters. The van der Waals surface area contributed by atoms with E-state index in [2.05, 4.69) is 10.3 Å². The van der Waals surface area contributed by atoms with Gasteiger partial charge in [-0.1, -0.05) is 12.1 Å². The van der Waals surface area contributed by atoms with Crippen molar-refractivity contribution in [1.82, 2.24) is 4.98 Å². The van der Waals surface area contributed by atoms with Gasteiger partial charge in [-0.2, -0.15) is 0 Å². The quantitative estimate of drug-likeness (QED) is 0.740. The summed E-state index contributed by atoms with van der Waals surface area (Å²) in [5.41, 5.74) is 8.48. The summed E-state index contributed by atoms with van der Waals surface area (Å²) >= 11 is 1.59. The Kier molecular flexibility index (Phi) is 2.37. The molecule has 0 aliphatic heterocycles. The molecule has 0 saturated carbocycles. The van der Waals surface area contributed by atoms with Crippen molar-refractivity contribution < 1.29 is 0 Å². The van der Waals surface area contributed by atoms with E-state index in [0.29, 0.717) is 0 Å². The van der Waals surface area contributed by atoms with Gasteiger partial charge in [0.2, 0.25) is 0 Å². The zero-order chi connectivity index (χ0) is 9.97. The minimum Gasteiger partial charge on any atom is -0.399 e. The molecule has 0 saturated heterocycles. The van der Waals surface area contributed by atoms with Gasteiger partial charge in [0.1, 0.15) is 0 Å². The van der Waals surface area contributed by atoms with Crippen LogP contribution in [0.25, 0.3) is 11.3 Å². The first kappa shape index (κ1) is 9.02. The Hall–Kier alpha value is -1.55. The lowest BCUT2D eigenvalue weighted by Crippen LogP contribution is -1.87. The molecule has 0 fully saturated rings. The second-order valence-corrected chi connectivity index (χ2v) is 3.77. The number of nitrogens with zero attached hydrogens (tertiary/aromatic N) is 1. The predicted molar refractivity (Wildman–Crippen MR) is 61.5 cm³/mol. The number of nitrogens with two attached hydrogens (primary N) is 1. The standard InChI is InChI=1S/C10H11N3S/c1-12-10-13-9(6-14-10)7-3-2-4-8(11)5-7/h2-6H,11H2,1H3,(H,12,13). The predicted octanol–water partition coefficient (Wildman–Crippen LogP) is 2.43. The van der Waals surface area contributed by atoms with Gasteiger partial charge in [0.25, 0.3) is 0 Å². The Morgan fingerprint density at radius 3 is 2.93 bits per heavy atom. The monoisotopic (exact) mass is 205 g/mol. The van der Waals surface area contributed by atoms with E-state index in [1.54, 1.807) is 11.3 Å². The SMILES string of the molecule is CNc1nc(-c2cccc(N)c2)cs1. The smallest absolute Gasteiger partial charge is 0.182 e. The van der Waals surface area contributed by atoms with E-state index in [0.717, 1.165) is 22.1 Å². The molecular formula is C10H11N3S. The molecule has 0 amide bonds. The van der Waals surface area contributed by atoms with Crippen LogP contribution in [0.1, 0.15) is 0 Å². The summed E-state index contributed by atoms with van der Waals surface area (Å²) in [4.78, 5) is 4.39. The van der Waals surface area contributed by atoms with Crippen molar-refractivity contribution in [2.75, 3.05) is 18.1 Å². The third-order valence-electron chi connectivity index (χ3n) is 1.90. The Balaban J connectivity index is 2.39. The average molecular weight is 205 g/mol. The Morgan fingerprint density at radius 2 is 2.29 bits per heavy atom. The highest BCUT2D eigenvalue weighted by atomic mass is 32.1. The van der Waals surface area contributed by atoms with Crippen molar-refractivity contribution in [2.45, 2.75) is 0 Å². The topological polar surface area (TPSA) is 50.9 Å². The molecular weight excluding hydrogens is 194 g/mol. The van der Waals surface area contributed by atoms with Crippen molar-refractivity contribution in [3.8, 4) is 11.3 Å². The maximum absolute atomic E-state index is 5.70. The average Bonchev–Trinajstić information content (AvgIpc) is 2.66. The number of rotatable bonds is 2. The summed E-state index contributed by atoms with van der Waals surface area (Å²) < 4.78 is 0. The van der Waals surface area contributed by atoms with Gasteiger partial charge in [0.05, 0.1) is 5.69 Å². The van der Waals surface area contributed by atoms with Crippen LogP contribution >= 0.6 is 11.3 Å². The highest BCUT2D eigenvalue weighted by molar-refractivity contribution is 7.14. The number of hydrogen-bond donors (Lipinski definition) is 2. The van der Waals surface area contributed by atoms with Gasteiger partial charge in [0, 0.05) is 23.7 Å². The molecule has 0 atom stereocenters. The van der Waals surface area contributed by atoms with E-state index < -0.39 is 0 Å². The molecule has 1 aromatic carbocycles. The number of hydrogen-bond acceptors (Lipinski definition) is 4. The number of nitrogen functional groups attached to an aromatic ring is 1. The summed E-state index contributed by atoms with van der Waals surface area (Å²) in [6.45, 7) is 0. The maximum atomic E-state index is 5.70. The molecule has 2 rings (SSSR count). The van der Waals surface area contributed by atoms with E-state index in [1.165, 1.54) is 0 Å². The molecule has 1 aromatic heterocycles. The second-order valence-electron chi connectivity index (χ2n) is 2.91. The van der Waals surface area contributed by atoms with E-state index >= 15 is 0 Å². The first-order chi connectivity index (χ1) is 6.79. The molecule has 1 heterocycles. The van der Waals surface area contributed by atoms with Gasteiger partial charge in [-0.05, 0) is 12.1 Å². The normalized spacial score (nSPS) is 10.1. The molecule has 0 radical (unpaired) electrons. The molecule has 2 aromatic rings. The van der Waals surface area contributed by atoms with Gasteiger partial charge < -0.3 is 11.1 Å². The largest absolute Gasteiger partial charge is 0.399 e. The summed E-state index contributed by atoms with van der Waals surface area (Å²) in [6, 6.07) is 7.73. The molecule has 0 bridgehead atoms. The van der Waals surface area contributed by atoms with Gasteiger partial charge in [-0.3, -0.25) is 0 Å². The minimum absolute atomic E-state index is 0.765. The van der Waals surface area contributed by atoms with E-state index in [1.807, 2.05) is 36.7 Å². The number of thiazole rings is 1. The Labute approximate surface area is 86.6 Å². The molecule has 4 heteroatoms. The molecule has 3 N–H and O–H groups in total. The number of benzene rings is 1. The third-order valence-corrected chi connectivity index (χ3v) is 2.76. The maximum Gasteiger partial charge on any atom is 0.182 e. The zero-order valence-electron chi connectivity index (χ0n) is 7.82. The summed E-state index contributed by atoms with van der Waals surface area (Å²) in [6.07, 6.45) is 0. The highest BCUT2D eigenvalue weighted by Crippen LogP contribution is 2.25. The van der Waals surface area contributed by atoms with E-state index in [4.69, 9.17) is 5.73 Å². The number of nitrogens with one attached hydrogen (secondary N) is 1.